The summed E-state index contributed by atoms with van der Waals surface area (Å²) in [5.41, 5.74) is 10.1. The van der Waals surface area contributed by atoms with Crippen molar-refractivity contribution in [3.8, 4) is 17.3 Å². The average Bonchev–Trinajstić information content (AvgIpc) is 3.48. The summed E-state index contributed by atoms with van der Waals surface area (Å²) in [6, 6.07) is 26.3. The number of benzene rings is 3. The molecule has 3 aromatic carbocycles. The van der Waals surface area contributed by atoms with Crippen molar-refractivity contribution in [2.24, 2.45) is 0 Å². The molecule has 3 aromatic heterocycles. The van der Waals surface area contributed by atoms with E-state index in [0.29, 0.717) is 6.04 Å². The van der Waals surface area contributed by atoms with Gasteiger partial charge in [-0.1, -0.05) is 12.1 Å². The second-order valence-corrected chi connectivity index (χ2v) is 12.2. The highest BCUT2D eigenvalue weighted by atomic mass is 16.5. The summed E-state index contributed by atoms with van der Waals surface area (Å²) in [4.78, 5) is 14.4. The fourth-order valence-corrected chi connectivity index (χ4v) is 6.23. The maximum Gasteiger partial charge on any atom is 0.158 e. The first-order chi connectivity index (χ1) is 20.7. The van der Waals surface area contributed by atoms with E-state index in [1.807, 2.05) is 19.2 Å². The predicted octanol–water partition coefficient (Wildman–Crippen LogP) is 9.23. The molecule has 0 atom stereocenters. The van der Waals surface area contributed by atoms with Gasteiger partial charge in [0, 0.05) is 46.5 Å². The van der Waals surface area contributed by atoms with Crippen LogP contribution in [0.4, 0.5) is 17.2 Å². The lowest BCUT2D eigenvalue weighted by Crippen LogP contribution is -2.33. The van der Waals surface area contributed by atoms with Crippen molar-refractivity contribution < 1.29 is 4.74 Å². The highest BCUT2D eigenvalue weighted by Crippen LogP contribution is 2.43. The number of nitrogens with zero attached hydrogens (tertiary/aromatic N) is 5. The van der Waals surface area contributed by atoms with E-state index in [0.717, 1.165) is 63.3 Å². The molecule has 0 fully saturated rings. The largest absolute Gasteiger partial charge is 0.457 e. The molecule has 216 valence electrons. The normalized spacial score (nSPS) is 13.0. The van der Waals surface area contributed by atoms with Crippen LogP contribution in [-0.4, -0.2) is 27.2 Å². The third-order valence-corrected chi connectivity index (χ3v) is 8.40. The Labute approximate surface area is 253 Å². The molecular weight excluding hydrogens is 530 g/mol. The quantitative estimate of drug-likeness (QED) is 0.208. The van der Waals surface area contributed by atoms with E-state index in [1.165, 1.54) is 27.6 Å². The van der Waals surface area contributed by atoms with Crippen LogP contribution in [0.1, 0.15) is 41.8 Å². The van der Waals surface area contributed by atoms with Crippen molar-refractivity contribution in [3.05, 3.63) is 107 Å². The van der Waals surface area contributed by atoms with E-state index < -0.39 is 0 Å². The van der Waals surface area contributed by atoms with E-state index >= 15 is 0 Å². The zero-order chi connectivity index (χ0) is 30.0. The molecule has 0 saturated carbocycles. The molecule has 0 N–H and O–H groups in total. The van der Waals surface area contributed by atoms with Gasteiger partial charge in [-0.25, -0.2) is 9.97 Å². The molecule has 1 aliphatic heterocycles. The topological polar surface area (TPSA) is 46.4 Å². The molecule has 6 nitrogen and oxygen atoms in total. The van der Waals surface area contributed by atoms with Gasteiger partial charge in [-0.15, -0.1) is 0 Å². The first-order valence-corrected chi connectivity index (χ1v) is 15.0. The van der Waals surface area contributed by atoms with Crippen molar-refractivity contribution in [2.75, 3.05) is 16.5 Å². The van der Waals surface area contributed by atoms with E-state index in [-0.39, 0.29) is 0 Å². The Morgan fingerprint density at radius 2 is 1.53 bits per heavy atom. The second kappa shape index (κ2) is 10.2. The van der Waals surface area contributed by atoms with E-state index in [1.54, 1.807) is 0 Å². The van der Waals surface area contributed by atoms with Gasteiger partial charge in [-0.2, -0.15) is 0 Å². The number of hydrogen-bond donors (Lipinski definition) is 0. The number of hydrogen-bond acceptors (Lipinski definition) is 5. The van der Waals surface area contributed by atoms with Gasteiger partial charge in [0.25, 0.3) is 0 Å². The number of ether oxygens (including phenoxy) is 1. The zero-order valence-electron chi connectivity index (χ0n) is 25.9. The number of rotatable bonds is 5. The summed E-state index contributed by atoms with van der Waals surface area (Å²) in [5.74, 6) is 3.54. The Hall–Kier alpha value is -4.84. The molecule has 0 radical (unpaired) electrons. The molecule has 7 rings (SSSR count). The van der Waals surface area contributed by atoms with Gasteiger partial charge < -0.3 is 14.5 Å². The smallest absolute Gasteiger partial charge is 0.158 e. The van der Waals surface area contributed by atoms with Gasteiger partial charge in [0.2, 0.25) is 0 Å². The predicted molar refractivity (Wildman–Crippen MR) is 178 cm³/mol. The molecule has 0 aliphatic carbocycles. The molecule has 0 unspecified atom stereocenters. The minimum Gasteiger partial charge on any atom is -0.457 e. The SMILES string of the molecule is Cc1cc(Oc2cc3c(cc2C)c2ccc(C)cc2n3-c2cc(C)ccn2)cc(N2CN(C(C)C)c3ccc(C)nc32)c1. The van der Waals surface area contributed by atoms with Gasteiger partial charge in [0.1, 0.15) is 17.3 Å². The molecule has 43 heavy (non-hydrogen) atoms. The zero-order valence-corrected chi connectivity index (χ0v) is 25.9. The highest BCUT2D eigenvalue weighted by molar-refractivity contribution is 6.10. The Morgan fingerprint density at radius 1 is 0.744 bits per heavy atom. The molecule has 0 bridgehead atoms. The third kappa shape index (κ3) is 4.67. The Bertz CT molecular complexity index is 2040. The molecule has 6 heteroatoms. The molecule has 6 aromatic rings. The van der Waals surface area contributed by atoms with Crippen molar-refractivity contribution in [2.45, 2.75) is 54.5 Å². The first-order valence-electron chi connectivity index (χ1n) is 15.0. The molecular formula is C37H37N5O. The Kier molecular flexibility index (Phi) is 6.38. The lowest BCUT2D eigenvalue weighted by Gasteiger charge is -2.25. The Morgan fingerprint density at radius 3 is 2.33 bits per heavy atom. The Balaban J connectivity index is 1.34. The van der Waals surface area contributed by atoms with Crippen LogP contribution in [0.3, 0.4) is 0 Å². The van der Waals surface area contributed by atoms with Crippen LogP contribution in [0, 0.1) is 34.6 Å². The highest BCUT2D eigenvalue weighted by Gasteiger charge is 2.30. The minimum absolute atomic E-state index is 0.363. The summed E-state index contributed by atoms with van der Waals surface area (Å²) >= 11 is 0. The van der Waals surface area contributed by atoms with Crippen molar-refractivity contribution >= 4 is 39.0 Å². The first kappa shape index (κ1) is 27.0. The van der Waals surface area contributed by atoms with E-state index in [2.05, 4.69) is 123 Å². The average molecular weight is 568 g/mol. The van der Waals surface area contributed by atoms with Crippen LogP contribution < -0.4 is 14.5 Å². The van der Waals surface area contributed by atoms with Crippen molar-refractivity contribution in [1.82, 2.24) is 14.5 Å². The summed E-state index contributed by atoms with van der Waals surface area (Å²) in [6.45, 7) is 15.7. The molecule has 0 spiro atoms. The maximum absolute atomic E-state index is 6.72. The molecule has 0 saturated heterocycles. The lowest BCUT2D eigenvalue weighted by molar-refractivity contribution is 0.479. The third-order valence-electron chi connectivity index (χ3n) is 8.40. The van der Waals surface area contributed by atoms with E-state index in [9.17, 15) is 0 Å². The maximum atomic E-state index is 6.72. The molecule has 4 heterocycles. The van der Waals surface area contributed by atoms with Gasteiger partial charge in [0.05, 0.1) is 23.4 Å². The van der Waals surface area contributed by atoms with E-state index in [4.69, 9.17) is 14.7 Å². The fraction of sp³-hybridized carbons (Fsp3) is 0.243. The number of pyridine rings is 2. The fourth-order valence-electron chi connectivity index (χ4n) is 6.23. The minimum atomic E-state index is 0.363. The van der Waals surface area contributed by atoms with Crippen LogP contribution in [0.25, 0.3) is 27.6 Å². The summed E-state index contributed by atoms with van der Waals surface area (Å²) < 4.78 is 8.98. The summed E-state index contributed by atoms with van der Waals surface area (Å²) in [6.07, 6.45) is 1.88. The van der Waals surface area contributed by atoms with Gasteiger partial charge in [0.15, 0.2) is 5.82 Å². The monoisotopic (exact) mass is 567 g/mol. The van der Waals surface area contributed by atoms with Crippen LogP contribution in [0.2, 0.25) is 0 Å². The summed E-state index contributed by atoms with van der Waals surface area (Å²) in [5, 5.41) is 2.40. The van der Waals surface area contributed by atoms with Gasteiger partial charge in [-0.05, 0) is 119 Å². The van der Waals surface area contributed by atoms with Gasteiger partial charge >= 0.3 is 0 Å². The number of anilines is 3. The van der Waals surface area contributed by atoms with Crippen LogP contribution >= 0.6 is 0 Å². The molecule has 1 aliphatic rings. The van der Waals surface area contributed by atoms with Crippen LogP contribution in [0.15, 0.2) is 79.0 Å². The number of aromatic nitrogens is 3. The van der Waals surface area contributed by atoms with Crippen molar-refractivity contribution in [1.29, 1.82) is 0 Å². The number of aryl methyl sites for hydroxylation is 5. The van der Waals surface area contributed by atoms with Crippen molar-refractivity contribution in [3.63, 3.8) is 0 Å². The van der Waals surface area contributed by atoms with Gasteiger partial charge in [-0.3, -0.25) is 4.57 Å². The number of fused-ring (bicyclic) bond motifs is 4. The van der Waals surface area contributed by atoms with Crippen LogP contribution in [0.5, 0.6) is 11.5 Å². The molecule has 0 amide bonds. The lowest BCUT2D eigenvalue weighted by atomic mass is 10.1. The standard InChI is InChI=1S/C37H37N5O/c1-22(2)40-21-41(37-32(40)11-9-27(7)39-37)28-14-25(5)15-29(19-28)43-35-20-34-31(18-26(35)6)30-10-8-23(3)16-33(30)42(34)36-17-24(4)12-13-38-36/h8-20,22H,21H2,1-7H3. The van der Waals surface area contributed by atoms with Crippen LogP contribution in [-0.2, 0) is 0 Å². The summed E-state index contributed by atoms with van der Waals surface area (Å²) in [7, 11) is 0. The second-order valence-electron chi connectivity index (χ2n) is 12.2.